The van der Waals surface area contributed by atoms with Crippen LogP contribution < -0.4 is 0 Å². The molecule has 0 bridgehead atoms. The quantitative estimate of drug-likeness (QED) is 0.478. The van der Waals surface area contributed by atoms with Crippen LogP contribution in [0.5, 0.6) is 5.75 Å². The molecule has 152 valence electrons. The lowest BCUT2D eigenvalue weighted by Gasteiger charge is -2.36. The second kappa shape index (κ2) is 8.06. The maximum absolute atomic E-state index is 9.47. The van der Waals surface area contributed by atoms with E-state index in [4.69, 9.17) is 0 Å². The largest absolute Gasteiger partial charge is 0.508 e. The summed E-state index contributed by atoms with van der Waals surface area (Å²) >= 11 is 0. The van der Waals surface area contributed by atoms with Gasteiger partial charge in [-0.25, -0.2) is 0 Å². The maximum Gasteiger partial charge on any atom is 0.115 e. The van der Waals surface area contributed by atoms with Gasteiger partial charge in [0.1, 0.15) is 5.75 Å². The summed E-state index contributed by atoms with van der Waals surface area (Å²) in [4.78, 5) is 0. The molecule has 0 radical (unpaired) electrons. The van der Waals surface area contributed by atoms with E-state index < -0.39 is 0 Å². The summed E-state index contributed by atoms with van der Waals surface area (Å²) in [5.41, 5.74) is 6.71. The van der Waals surface area contributed by atoms with Crippen molar-refractivity contribution in [3.8, 4) is 28.0 Å². The van der Waals surface area contributed by atoms with Crippen LogP contribution in [0, 0.1) is 10.8 Å². The van der Waals surface area contributed by atoms with Gasteiger partial charge in [0.15, 0.2) is 0 Å². The third kappa shape index (κ3) is 5.50. The van der Waals surface area contributed by atoms with Crippen molar-refractivity contribution < 1.29 is 5.11 Å². The maximum atomic E-state index is 9.47. The molecule has 1 heteroatoms. The van der Waals surface area contributed by atoms with Gasteiger partial charge in [-0.1, -0.05) is 102 Å². The zero-order chi connectivity index (χ0) is 21.2. The summed E-state index contributed by atoms with van der Waals surface area (Å²) in [6.07, 6.45) is 1.18. The lowest BCUT2D eigenvalue weighted by atomic mass is 9.69. The Morgan fingerprint density at radius 1 is 0.586 bits per heavy atom. The fraction of sp³-hybridized carbons (Fsp3) is 0.357. The second-order valence-electron chi connectivity index (χ2n) is 10.4. The standard InChI is InChI=1S/C28H34O/c1-27(2,3)19-26(28(4,5)6)24-13-11-22(12-14-24)20-7-9-21(10-8-20)23-15-17-25(29)18-16-23/h7-18,26,29H,19H2,1-6H3. The highest BCUT2D eigenvalue weighted by atomic mass is 16.3. The van der Waals surface area contributed by atoms with Crippen molar-refractivity contribution in [1.29, 1.82) is 0 Å². The Hall–Kier alpha value is -2.54. The van der Waals surface area contributed by atoms with Gasteiger partial charge in [-0.05, 0) is 63.1 Å². The highest BCUT2D eigenvalue weighted by Gasteiger charge is 2.30. The van der Waals surface area contributed by atoms with E-state index in [-0.39, 0.29) is 5.41 Å². The van der Waals surface area contributed by atoms with E-state index >= 15 is 0 Å². The van der Waals surface area contributed by atoms with E-state index in [0.717, 1.165) is 11.1 Å². The minimum absolute atomic E-state index is 0.237. The van der Waals surface area contributed by atoms with Crippen molar-refractivity contribution in [1.82, 2.24) is 0 Å². The molecule has 0 amide bonds. The van der Waals surface area contributed by atoms with Crippen molar-refractivity contribution in [2.24, 2.45) is 10.8 Å². The molecular formula is C28H34O. The van der Waals surface area contributed by atoms with Gasteiger partial charge in [-0.3, -0.25) is 0 Å². The van der Waals surface area contributed by atoms with Gasteiger partial charge >= 0.3 is 0 Å². The second-order valence-corrected chi connectivity index (χ2v) is 10.4. The molecule has 0 saturated heterocycles. The fourth-order valence-corrected chi connectivity index (χ4v) is 3.95. The van der Waals surface area contributed by atoms with Gasteiger partial charge < -0.3 is 5.11 Å². The molecule has 0 aromatic heterocycles. The number of benzene rings is 3. The predicted molar refractivity (Wildman–Crippen MR) is 125 cm³/mol. The first-order valence-electron chi connectivity index (χ1n) is 10.5. The molecule has 0 spiro atoms. The normalized spacial score (nSPS) is 13.3. The van der Waals surface area contributed by atoms with Crippen molar-refractivity contribution in [3.05, 3.63) is 78.4 Å². The van der Waals surface area contributed by atoms with Crippen molar-refractivity contribution in [2.45, 2.75) is 53.9 Å². The summed E-state index contributed by atoms with van der Waals surface area (Å²) in [6, 6.07) is 25.1. The van der Waals surface area contributed by atoms with Crippen LogP contribution in [0.1, 0.15) is 59.4 Å². The van der Waals surface area contributed by atoms with Crippen molar-refractivity contribution >= 4 is 0 Å². The predicted octanol–water partition coefficient (Wildman–Crippen LogP) is 8.29. The Bertz CT molecular complexity index is 918. The van der Waals surface area contributed by atoms with Crippen LogP contribution in [0.3, 0.4) is 0 Å². The van der Waals surface area contributed by atoms with Gasteiger partial charge in [0.2, 0.25) is 0 Å². The Labute approximate surface area is 176 Å². The summed E-state index contributed by atoms with van der Waals surface area (Å²) in [7, 11) is 0. The van der Waals surface area contributed by atoms with Crippen LogP contribution in [0.15, 0.2) is 72.8 Å². The van der Waals surface area contributed by atoms with E-state index in [1.54, 1.807) is 12.1 Å². The van der Waals surface area contributed by atoms with Crippen molar-refractivity contribution in [3.63, 3.8) is 0 Å². The van der Waals surface area contributed by atoms with Crippen LogP contribution in [-0.2, 0) is 0 Å². The first-order chi connectivity index (χ1) is 13.5. The minimum atomic E-state index is 0.237. The van der Waals surface area contributed by atoms with Gasteiger partial charge in [0.05, 0.1) is 0 Å². The third-order valence-corrected chi connectivity index (χ3v) is 5.59. The number of hydrogen-bond donors (Lipinski definition) is 1. The average Bonchev–Trinajstić information content (AvgIpc) is 2.66. The van der Waals surface area contributed by atoms with E-state index in [1.807, 2.05) is 12.1 Å². The first kappa shape index (κ1) is 21.2. The zero-order valence-electron chi connectivity index (χ0n) is 18.7. The summed E-state index contributed by atoms with van der Waals surface area (Å²) in [6.45, 7) is 14.0. The highest BCUT2D eigenvalue weighted by molar-refractivity contribution is 5.70. The Morgan fingerprint density at radius 3 is 1.28 bits per heavy atom. The lowest BCUT2D eigenvalue weighted by molar-refractivity contribution is 0.229. The van der Waals surface area contributed by atoms with Gasteiger partial charge in [0, 0.05) is 0 Å². The minimum Gasteiger partial charge on any atom is -0.508 e. The molecular weight excluding hydrogens is 352 g/mol. The third-order valence-electron chi connectivity index (χ3n) is 5.59. The number of aromatic hydroxyl groups is 1. The molecule has 1 N–H and O–H groups in total. The monoisotopic (exact) mass is 386 g/mol. The molecule has 1 atom stereocenters. The molecule has 0 aliphatic rings. The Balaban J connectivity index is 1.83. The molecule has 29 heavy (non-hydrogen) atoms. The van der Waals surface area contributed by atoms with E-state index in [0.29, 0.717) is 17.1 Å². The molecule has 0 fully saturated rings. The summed E-state index contributed by atoms with van der Waals surface area (Å²) < 4.78 is 0. The fourth-order valence-electron chi connectivity index (χ4n) is 3.95. The Kier molecular flexibility index (Phi) is 5.89. The zero-order valence-corrected chi connectivity index (χ0v) is 18.7. The van der Waals surface area contributed by atoms with Crippen LogP contribution in [0.2, 0.25) is 0 Å². The molecule has 1 unspecified atom stereocenters. The van der Waals surface area contributed by atoms with Crippen LogP contribution in [0.4, 0.5) is 0 Å². The first-order valence-corrected chi connectivity index (χ1v) is 10.5. The average molecular weight is 387 g/mol. The summed E-state index contributed by atoms with van der Waals surface area (Å²) in [5, 5.41) is 9.47. The number of phenolic OH excluding ortho intramolecular Hbond substituents is 1. The van der Waals surface area contributed by atoms with Gasteiger partial charge in [0.25, 0.3) is 0 Å². The van der Waals surface area contributed by atoms with E-state index in [9.17, 15) is 5.11 Å². The number of phenols is 1. The highest BCUT2D eigenvalue weighted by Crippen LogP contribution is 2.43. The summed E-state index contributed by atoms with van der Waals surface area (Å²) in [5.74, 6) is 0.832. The smallest absolute Gasteiger partial charge is 0.115 e. The van der Waals surface area contributed by atoms with E-state index in [2.05, 4.69) is 90.1 Å². The molecule has 0 heterocycles. The van der Waals surface area contributed by atoms with Crippen LogP contribution in [0.25, 0.3) is 22.3 Å². The molecule has 0 saturated carbocycles. The molecule has 1 nitrogen and oxygen atoms in total. The topological polar surface area (TPSA) is 20.2 Å². The van der Waals surface area contributed by atoms with E-state index in [1.165, 1.54) is 23.1 Å². The lowest BCUT2D eigenvalue weighted by Crippen LogP contribution is -2.23. The van der Waals surface area contributed by atoms with Gasteiger partial charge in [-0.2, -0.15) is 0 Å². The van der Waals surface area contributed by atoms with Crippen molar-refractivity contribution in [2.75, 3.05) is 0 Å². The number of rotatable bonds is 4. The molecule has 0 aliphatic carbocycles. The molecule has 3 aromatic rings. The van der Waals surface area contributed by atoms with Gasteiger partial charge in [-0.15, -0.1) is 0 Å². The number of hydrogen-bond acceptors (Lipinski definition) is 1. The SMILES string of the molecule is CC(C)(C)CC(c1ccc(-c2ccc(-c3ccc(O)cc3)cc2)cc1)C(C)(C)C. The van der Waals surface area contributed by atoms with Crippen LogP contribution >= 0.6 is 0 Å². The molecule has 0 aliphatic heterocycles. The molecule has 3 rings (SSSR count). The Morgan fingerprint density at radius 2 is 0.931 bits per heavy atom. The molecule has 3 aromatic carbocycles. The van der Waals surface area contributed by atoms with Crippen LogP contribution in [-0.4, -0.2) is 5.11 Å².